The Morgan fingerprint density at radius 3 is 2.81 bits per heavy atom. The van der Waals surface area contributed by atoms with Crippen molar-refractivity contribution in [2.45, 2.75) is 20.0 Å². The molecule has 0 amide bonds. The largest absolute Gasteiger partial charge is 0.496 e. The molecule has 21 heavy (non-hydrogen) atoms. The van der Waals surface area contributed by atoms with E-state index in [1.807, 2.05) is 6.92 Å². The Morgan fingerprint density at radius 1 is 1.43 bits per heavy atom. The highest BCUT2D eigenvalue weighted by Gasteiger charge is 2.32. The van der Waals surface area contributed by atoms with E-state index in [0.717, 1.165) is 40.8 Å². The van der Waals surface area contributed by atoms with Crippen molar-refractivity contribution in [1.82, 2.24) is 0 Å². The lowest BCUT2D eigenvalue weighted by Gasteiger charge is -2.19. The number of hydrogen-bond acceptors (Lipinski definition) is 5. The second-order valence-corrected chi connectivity index (χ2v) is 7.67. The molecular weight excluding hydrogens is 422 g/mol. The summed E-state index contributed by atoms with van der Waals surface area (Å²) in [5.74, 6) is 2.02. The molecule has 2 rings (SSSR count). The van der Waals surface area contributed by atoms with Crippen LogP contribution in [0.5, 0.6) is 11.5 Å². The molecule has 0 bridgehead atoms. The van der Waals surface area contributed by atoms with E-state index in [1.165, 1.54) is 0 Å². The van der Waals surface area contributed by atoms with Crippen molar-refractivity contribution in [1.29, 1.82) is 0 Å². The van der Waals surface area contributed by atoms with E-state index in [-0.39, 0.29) is 5.97 Å². The normalized spacial score (nSPS) is 13.0. The lowest BCUT2D eigenvalue weighted by Crippen LogP contribution is -2.10. The number of ether oxygens (including phenoxy) is 3. The first-order valence-corrected chi connectivity index (χ1v) is 11.0. The van der Waals surface area contributed by atoms with E-state index >= 15 is 0 Å². The van der Waals surface area contributed by atoms with E-state index in [4.69, 9.17) is 14.2 Å². The Bertz CT molecular complexity index is 551. The number of halogens is 1. The summed E-state index contributed by atoms with van der Waals surface area (Å²) >= 11 is 2.23. The average molecular weight is 440 g/mol. The third-order valence-electron chi connectivity index (χ3n) is 3.43. The fourth-order valence-corrected chi connectivity index (χ4v) is 3.50. The predicted molar refractivity (Wildman–Crippen MR) is 97.1 cm³/mol. The van der Waals surface area contributed by atoms with Crippen LogP contribution in [0.1, 0.15) is 27.0 Å². The highest BCUT2D eigenvalue weighted by atomic mass is 127. The summed E-state index contributed by atoms with van der Waals surface area (Å²) in [4.78, 5) is 12.1. The molecule has 1 unspecified atom stereocenters. The summed E-state index contributed by atoms with van der Waals surface area (Å²) in [7, 11) is 6.04. The van der Waals surface area contributed by atoms with Gasteiger partial charge in [0.15, 0.2) is 0 Å². The van der Waals surface area contributed by atoms with Crippen LogP contribution in [0.3, 0.4) is 0 Å². The molecule has 116 valence electrons. The number of carbonyl (C=O) groups excluding carboxylic acids is 1. The van der Waals surface area contributed by atoms with Crippen LogP contribution in [0.4, 0.5) is 0 Å². The van der Waals surface area contributed by atoms with Crippen LogP contribution in [0.25, 0.3) is 0 Å². The molecule has 0 fully saturated rings. The molecule has 1 atom stereocenters. The predicted octanol–water partition coefficient (Wildman–Crippen LogP) is 3.55. The van der Waals surface area contributed by atoms with Gasteiger partial charge >= 0.3 is 5.97 Å². The monoisotopic (exact) mass is 440 g/mol. The number of methoxy groups -OCH3 is 1. The number of benzene rings is 1. The molecule has 0 saturated heterocycles. The van der Waals surface area contributed by atoms with E-state index in [9.17, 15) is 4.79 Å². The Labute approximate surface area is 143 Å². The Hall–Kier alpha value is -0.200. The van der Waals surface area contributed by atoms with Crippen molar-refractivity contribution in [3.63, 3.8) is 0 Å². The molecule has 1 heterocycles. The third kappa shape index (κ3) is 3.42. The van der Waals surface area contributed by atoms with Crippen molar-refractivity contribution >= 4 is 45.3 Å². The van der Waals surface area contributed by atoms with Crippen molar-refractivity contribution in [2.24, 2.45) is 0 Å². The van der Waals surface area contributed by atoms with Crippen LogP contribution in [0.15, 0.2) is 0 Å². The molecule has 0 N–H and O–H groups in total. The molecule has 1 aromatic rings. The molecule has 1 aromatic carbocycles. The van der Waals surface area contributed by atoms with Crippen molar-refractivity contribution in [3.8, 4) is 11.5 Å². The number of hydrogen-bond donors (Lipinski definition) is 0. The number of esters is 1. The maximum absolute atomic E-state index is 12.1. The molecule has 0 aromatic heterocycles. The van der Waals surface area contributed by atoms with Gasteiger partial charge in [0.2, 0.25) is 0 Å². The number of cyclic esters (lactones) is 1. The van der Waals surface area contributed by atoms with E-state index in [2.05, 4.69) is 30.4 Å². The summed E-state index contributed by atoms with van der Waals surface area (Å²) < 4.78 is 16.7. The van der Waals surface area contributed by atoms with Gasteiger partial charge in [-0.3, -0.25) is 0 Å². The van der Waals surface area contributed by atoms with Gasteiger partial charge in [-0.2, -0.15) is 0 Å². The topological polar surface area (TPSA) is 44.8 Å². The van der Waals surface area contributed by atoms with Gasteiger partial charge in [-0.1, -0.05) is 8.93 Å². The first kappa shape index (κ1) is 17.2. The molecule has 1 aliphatic heterocycles. The summed E-state index contributed by atoms with van der Waals surface area (Å²) in [6, 6.07) is 0. The molecule has 1 aliphatic rings. The van der Waals surface area contributed by atoms with Gasteiger partial charge in [0.1, 0.15) is 23.7 Å². The summed E-state index contributed by atoms with van der Waals surface area (Å²) in [6.07, 6.45) is 1.66. The SMILES string of the molecule is COc1c(C)c2c(c(OCCSI)c1CCP)C(=O)OC2. The molecule has 4 nitrogen and oxygen atoms in total. The van der Waals surface area contributed by atoms with Gasteiger partial charge in [0.25, 0.3) is 0 Å². The standard InChI is InChI=1S/C14H18IO4PS/c1-8-10-7-19-14(16)11(10)13(18-4-6-21-15)9(3-5-20)12(8)17-2/h3-7,20H2,1-2H3. The second-order valence-electron chi connectivity index (χ2n) is 4.60. The molecule has 7 heteroatoms. The maximum Gasteiger partial charge on any atom is 0.342 e. The quantitative estimate of drug-likeness (QED) is 0.281. The Morgan fingerprint density at radius 2 is 2.19 bits per heavy atom. The summed E-state index contributed by atoms with van der Waals surface area (Å²) in [5, 5.41) is 0. The molecular formula is C14H18IO4PS. The summed E-state index contributed by atoms with van der Waals surface area (Å²) in [5.41, 5.74) is 3.41. The highest BCUT2D eigenvalue weighted by molar-refractivity contribution is 14.2. The fourth-order valence-electron chi connectivity index (χ4n) is 2.53. The molecule has 0 aliphatic carbocycles. The minimum absolute atomic E-state index is 0.294. The number of carbonyl (C=O) groups is 1. The van der Waals surface area contributed by atoms with Gasteiger partial charge in [-0.15, -0.1) is 9.24 Å². The average Bonchev–Trinajstić information content (AvgIpc) is 2.85. The lowest BCUT2D eigenvalue weighted by atomic mass is 9.95. The van der Waals surface area contributed by atoms with Crippen molar-refractivity contribution in [3.05, 3.63) is 22.3 Å². The molecule has 0 spiro atoms. The minimum Gasteiger partial charge on any atom is -0.496 e. The van der Waals surface area contributed by atoms with Gasteiger partial charge in [-0.25, -0.2) is 4.79 Å². The van der Waals surface area contributed by atoms with E-state index in [1.54, 1.807) is 16.0 Å². The van der Waals surface area contributed by atoms with Crippen LogP contribution in [-0.4, -0.2) is 31.6 Å². The number of rotatable bonds is 7. The number of fused-ring (bicyclic) bond motifs is 1. The zero-order chi connectivity index (χ0) is 15.4. The molecule has 0 radical (unpaired) electrons. The van der Waals surface area contributed by atoms with Crippen LogP contribution < -0.4 is 9.47 Å². The lowest BCUT2D eigenvalue weighted by molar-refractivity contribution is 0.0532. The van der Waals surface area contributed by atoms with E-state index < -0.39 is 0 Å². The van der Waals surface area contributed by atoms with Crippen LogP contribution in [-0.2, 0) is 17.8 Å². The van der Waals surface area contributed by atoms with Crippen LogP contribution >= 0.6 is 39.4 Å². The smallest absolute Gasteiger partial charge is 0.342 e. The first-order valence-electron chi connectivity index (χ1n) is 6.61. The Kier molecular flexibility index (Phi) is 6.44. The van der Waals surface area contributed by atoms with Gasteiger partial charge in [0.05, 0.1) is 13.7 Å². The maximum atomic E-state index is 12.1. The molecule has 0 saturated carbocycles. The third-order valence-corrected chi connectivity index (χ3v) is 5.36. The van der Waals surface area contributed by atoms with Crippen molar-refractivity contribution in [2.75, 3.05) is 25.6 Å². The van der Waals surface area contributed by atoms with Crippen molar-refractivity contribution < 1.29 is 19.0 Å². The van der Waals surface area contributed by atoms with Crippen LogP contribution in [0, 0.1) is 6.92 Å². The fraction of sp³-hybridized carbons (Fsp3) is 0.500. The highest BCUT2D eigenvalue weighted by Crippen LogP contribution is 2.42. The summed E-state index contributed by atoms with van der Waals surface area (Å²) in [6.45, 7) is 2.83. The van der Waals surface area contributed by atoms with Gasteiger partial charge in [-0.05, 0) is 46.3 Å². The van der Waals surface area contributed by atoms with Crippen LogP contribution in [0.2, 0.25) is 0 Å². The Balaban J connectivity index is 2.56. The van der Waals surface area contributed by atoms with E-state index in [0.29, 0.717) is 24.5 Å². The minimum atomic E-state index is -0.294. The zero-order valence-electron chi connectivity index (χ0n) is 12.0. The van der Waals surface area contributed by atoms with Gasteiger partial charge in [0, 0.05) is 16.9 Å². The first-order chi connectivity index (χ1) is 10.2. The second kappa shape index (κ2) is 7.88. The van der Waals surface area contributed by atoms with Gasteiger partial charge < -0.3 is 14.2 Å². The zero-order valence-corrected chi connectivity index (χ0v) is 16.2.